The van der Waals surface area contributed by atoms with Crippen LogP contribution in [0.5, 0.6) is 0 Å². The van der Waals surface area contributed by atoms with Crippen LogP contribution in [0.3, 0.4) is 0 Å². The van der Waals surface area contributed by atoms with E-state index in [1.807, 2.05) is 6.92 Å². The number of nitro benzene ring substituents is 1. The zero-order valence-electron chi connectivity index (χ0n) is 18.7. The average molecular weight is 497 g/mol. The number of β-lactam (4-membered cyclic amide) rings is 1. The molecule has 35 heavy (non-hydrogen) atoms. The highest BCUT2D eigenvalue weighted by molar-refractivity contribution is 7.18. The van der Waals surface area contributed by atoms with Crippen LogP contribution >= 0.6 is 11.3 Å². The lowest BCUT2D eigenvalue weighted by Gasteiger charge is -2.46. The first-order chi connectivity index (χ1) is 16.7. The molecular formula is C23H20N4O7S. The number of rotatable bonds is 7. The topological polar surface area (TPSA) is 144 Å². The number of carbonyl (C=O) groups excluding carboxylic acids is 3. The van der Waals surface area contributed by atoms with E-state index in [0.717, 1.165) is 0 Å². The summed E-state index contributed by atoms with van der Waals surface area (Å²) in [5, 5.41) is 21.0. The van der Waals surface area contributed by atoms with Gasteiger partial charge in [-0.3, -0.25) is 24.1 Å². The SMILES string of the molecule is C[C@@H](O)[C@H]1C(=O)N2C(C(=O)OCc3ccc([N+](=O)[O-])cc3)=C(c3cn4c(C=O)ncc4s3)[C@H](C)[C@H]12. The quantitative estimate of drug-likeness (QED) is 0.173. The number of aromatic nitrogens is 2. The summed E-state index contributed by atoms with van der Waals surface area (Å²) in [6.07, 6.45) is 3.02. The lowest BCUT2D eigenvalue weighted by Crippen LogP contribution is -2.63. The Morgan fingerprint density at radius 1 is 1.37 bits per heavy atom. The number of aliphatic hydroxyl groups excluding tert-OH is 1. The van der Waals surface area contributed by atoms with Gasteiger partial charge in [-0.25, -0.2) is 9.78 Å². The average Bonchev–Trinajstić information content (AvgIpc) is 3.47. The molecule has 12 heteroatoms. The van der Waals surface area contributed by atoms with Gasteiger partial charge in [0.05, 0.1) is 34.1 Å². The molecule has 0 aliphatic carbocycles. The Morgan fingerprint density at radius 3 is 2.71 bits per heavy atom. The van der Waals surface area contributed by atoms with Crippen LogP contribution in [-0.2, 0) is 20.9 Å². The number of benzene rings is 1. The number of imidazole rings is 1. The number of fused-ring (bicyclic) bond motifs is 2. The maximum absolute atomic E-state index is 13.3. The fraction of sp³-hybridized carbons (Fsp3) is 0.304. The molecule has 1 aromatic carbocycles. The van der Waals surface area contributed by atoms with Crippen LogP contribution in [-0.4, -0.2) is 54.6 Å². The molecular weight excluding hydrogens is 476 g/mol. The smallest absolute Gasteiger partial charge is 0.355 e. The molecule has 0 unspecified atom stereocenters. The van der Waals surface area contributed by atoms with Gasteiger partial charge in [-0.2, -0.15) is 0 Å². The third-order valence-electron chi connectivity index (χ3n) is 6.51. The van der Waals surface area contributed by atoms with E-state index < -0.39 is 29.0 Å². The van der Waals surface area contributed by atoms with Gasteiger partial charge in [0.25, 0.3) is 5.69 Å². The lowest BCUT2D eigenvalue weighted by molar-refractivity contribution is -0.384. The number of aldehydes is 1. The summed E-state index contributed by atoms with van der Waals surface area (Å²) in [6.45, 7) is 3.30. The monoisotopic (exact) mass is 496 g/mol. The van der Waals surface area contributed by atoms with Crippen molar-refractivity contribution < 1.29 is 29.2 Å². The lowest BCUT2D eigenvalue weighted by atomic mass is 9.77. The number of non-ortho nitro benzene ring substituents is 1. The predicted octanol–water partition coefficient (Wildman–Crippen LogP) is 2.43. The van der Waals surface area contributed by atoms with Crippen molar-refractivity contribution in [3.05, 3.63) is 68.7 Å². The first-order valence-electron chi connectivity index (χ1n) is 10.8. The number of nitrogens with zero attached hydrogens (tertiary/aromatic N) is 4. The summed E-state index contributed by atoms with van der Waals surface area (Å²) in [7, 11) is 0. The molecule has 5 rings (SSSR count). The van der Waals surface area contributed by atoms with Crippen LogP contribution < -0.4 is 0 Å². The number of thiazole rings is 1. The fourth-order valence-corrected chi connectivity index (χ4v) is 5.97. The second-order valence-corrected chi connectivity index (χ2v) is 9.62. The fourth-order valence-electron chi connectivity index (χ4n) is 4.85. The largest absolute Gasteiger partial charge is 0.456 e. The molecule has 3 aromatic rings. The van der Waals surface area contributed by atoms with Gasteiger partial charge in [-0.15, -0.1) is 11.3 Å². The minimum atomic E-state index is -0.882. The number of carbonyl (C=O) groups is 3. The summed E-state index contributed by atoms with van der Waals surface area (Å²) >= 11 is 1.33. The second-order valence-electron chi connectivity index (χ2n) is 8.55. The van der Waals surface area contributed by atoms with Crippen molar-refractivity contribution in [3.63, 3.8) is 0 Å². The van der Waals surface area contributed by atoms with Crippen molar-refractivity contribution in [1.29, 1.82) is 0 Å². The molecule has 11 nitrogen and oxygen atoms in total. The zero-order chi connectivity index (χ0) is 25.0. The number of aliphatic hydroxyl groups is 1. The van der Waals surface area contributed by atoms with Gasteiger partial charge in [0.15, 0.2) is 12.1 Å². The molecule has 0 spiro atoms. The number of hydrogen-bond acceptors (Lipinski definition) is 9. The highest BCUT2D eigenvalue weighted by atomic mass is 32.1. The van der Waals surface area contributed by atoms with Crippen LogP contribution in [0, 0.1) is 22.0 Å². The highest BCUT2D eigenvalue weighted by Crippen LogP contribution is 2.51. The molecule has 1 amide bonds. The first kappa shape index (κ1) is 22.9. The number of amides is 1. The maximum atomic E-state index is 13.3. The molecule has 1 saturated heterocycles. The van der Waals surface area contributed by atoms with Crippen molar-refractivity contribution in [1.82, 2.24) is 14.3 Å². The van der Waals surface area contributed by atoms with Crippen LogP contribution in [0.25, 0.3) is 10.4 Å². The van der Waals surface area contributed by atoms with Crippen molar-refractivity contribution in [3.8, 4) is 0 Å². The van der Waals surface area contributed by atoms with Gasteiger partial charge in [-0.1, -0.05) is 6.92 Å². The number of ether oxygens (including phenoxy) is 1. The summed E-state index contributed by atoms with van der Waals surface area (Å²) in [5.41, 5.74) is 1.19. The highest BCUT2D eigenvalue weighted by Gasteiger charge is 2.60. The molecule has 2 aromatic heterocycles. The van der Waals surface area contributed by atoms with Gasteiger partial charge < -0.3 is 14.7 Å². The Morgan fingerprint density at radius 2 is 2.09 bits per heavy atom. The van der Waals surface area contributed by atoms with E-state index in [0.29, 0.717) is 27.1 Å². The Kier molecular flexibility index (Phi) is 5.49. The van der Waals surface area contributed by atoms with Crippen LogP contribution in [0.15, 0.2) is 42.4 Å². The van der Waals surface area contributed by atoms with E-state index in [9.17, 15) is 29.6 Å². The van der Waals surface area contributed by atoms with Gasteiger partial charge in [0.2, 0.25) is 5.91 Å². The van der Waals surface area contributed by atoms with E-state index in [2.05, 4.69) is 4.98 Å². The molecule has 4 heterocycles. The van der Waals surface area contributed by atoms with Crippen molar-refractivity contribution >= 4 is 45.6 Å². The summed E-state index contributed by atoms with van der Waals surface area (Å²) in [4.78, 5) is 54.7. The normalized spacial score (nSPS) is 22.2. The van der Waals surface area contributed by atoms with Crippen molar-refractivity contribution in [2.45, 2.75) is 32.6 Å². The Labute approximate surface area is 202 Å². The first-order valence-corrected chi connectivity index (χ1v) is 11.6. The molecule has 1 N–H and O–H groups in total. The molecule has 0 saturated carbocycles. The summed E-state index contributed by atoms with van der Waals surface area (Å²) in [6, 6.07) is 5.23. The maximum Gasteiger partial charge on any atom is 0.355 e. The van der Waals surface area contributed by atoms with Crippen LogP contribution in [0.4, 0.5) is 5.69 Å². The molecule has 4 atom stereocenters. The second kappa shape index (κ2) is 8.40. The third kappa shape index (κ3) is 3.53. The van der Waals surface area contributed by atoms with Crippen LogP contribution in [0.1, 0.15) is 34.9 Å². The molecule has 2 aliphatic heterocycles. The molecule has 180 valence electrons. The summed E-state index contributed by atoms with van der Waals surface area (Å²) < 4.78 is 7.14. The predicted molar refractivity (Wildman–Crippen MR) is 123 cm³/mol. The van der Waals surface area contributed by atoms with E-state index in [-0.39, 0.29) is 35.6 Å². The minimum Gasteiger partial charge on any atom is -0.456 e. The standard InChI is InChI=1S/C23H20N4O7S/c1-11-18(15-8-25-16(9-28)24-7-17(25)35-15)21(26-20(11)19(12(2)29)22(26)30)23(31)34-10-13-3-5-14(6-4-13)27(32)33/h3-9,11-12,19-20,29H,10H2,1-2H3/t11-,12+,19+,20+/m0/s1. The Bertz CT molecular complexity index is 1400. The summed E-state index contributed by atoms with van der Waals surface area (Å²) in [5.74, 6) is -1.76. The Hall–Kier alpha value is -3.90. The number of esters is 1. The van der Waals surface area contributed by atoms with Gasteiger partial charge >= 0.3 is 5.97 Å². The van der Waals surface area contributed by atoms with E-state index in [1.165, 1.54) is 40.5 Å². The van der Waals surface area contributed by atoms with Crippen LogP contribution in [0.2, 0.25) is 0 Å². The Balaban J connectivity index is 1.50. The molecule has 0 bridgehead atoms. The van der Waals surface area contributed by atoms with Crippen molar-refractivity contribution in [2.75, 3.05) is 0 Å². The molecule has 1 fully saturated rings. The van der Waals surface area contributed by atoms with Gasteiger partial charge in [0.1, 0.15) is 17.1 Å². The third-order valence-corrected chi connectivity index (χ3v) is 7.56. The zero-order valence-corrected chi connectivity index (χ0v) is 19.5. The molecule has 2 aliphatic rings. The minimum absolute atomic E-state index is 0.0776. The van der Waals surface area contributed by atoms with Gasteiger partial charge in [-0.05, 0) is 24.6 Å². The van der Waals surface area contributed by atoms with Crippen molar-refractivity contribution in [2.24, 2.45) is 11.8 Å². The number of hydrogen-bond donors (Lipinski definition) is 1. The van der Waals surface area contributed by atoms with E-state index in [1.54, 1.807) is 23.7 Å². The van der Waals surface area contributed by atoms with E-state index >= 15 is 0 Å². The molecule has 0 radical (unpaired) electrons. The van der Waals surface area contributed by atoms with E-state index in [4.69, 9.17) is 4.74 Å². The number of nitro groups is 1. The van der Waals surface area contributed by atoms with Gasteiger partial charge in [0, 0.05) is 29.8 Å².